The number of nitrogens with zero attached hydrogens (tertiary/aromatic N) is 1. The fourth-order valence-electron chi connectivity index (χ4n) is 2.66. The van der Waals surface area contributed by atoms with E-state index in [4.69, 9.17) is 0 Å². The molecule has 1 fully saturated rings. The van der Waals surface area contributed by atoms with Gasteiger partial charge in [0.2, 0.25) is 5.91 Å². The van der Waals surface area contributed by atoms with E-state index in [0.717, 1.165) is 32.5 Å². The predicted molar refractivity (Wildman–Crippen MR) is 83.0 cm³/mol. The fraction of sp³-hybridized carbons (Fsp3) is 0.562. The Morgan fingerprint density at radius 1 is 1.25 bits per heavy atom. The molecule has 1 amide bonds. The van der Waals surface area contributed by atoms with Gasteiger partial charge in [-0.2, -0.15) is 0 Å². The fourth-order valence-corrected chi connectivity index (χ4v) is 2.66. The van der Waals surface area contributed by atoms with Crippen molar-refractivity contribution in [3.8, 4) is 0 Å². The number of rotatable bonds is 6. The maximum atomic E-state index is 11.4. The monoisotopic (exact) mass is 275 g/mol. The van der Waals surface area contributed by atoms with E-state index >= 15 is 0 Å². The Bertz CT molecular complexity index is 399. The van der Waals surface area contributed by atoms with E-state index in [-0.39, 0.29) is 5.91 Å². The lowest BCUT2D eigenvalue weighted by Crippen LogP contribution is -2.43. The van der Waals surface area contributed by atoms with Gasteiger partial charge in [0.15, 0.2) is 0 Å². The van der Waals surface area contributed by atoms with Crippen LogP contribution in [0.25, 0.3) is 0 Å². The van der Waals surface area contributed by atoms with Crippen molar-refractivity contribution >= 4 is 11.6 Å². The minimum atomic E-state index is 0.140. The molecule has 1 saturated heterocycles. The number of anilines is 1. The summed E-state index contributed by atoms with van der Waals surface area (Å²) in [5.41, 5.74) is 1.31. The van der Waals surface area contributed by atoms with Crippen molar-refractivity contribution in [1.29, 1.82) is 0 Å². The molecule has 1 aromatic carbocycles. The molecule has 110 valence electrons. The van der Waals surface area contributed by atoms with Gasteiger partial charge in [-0.1, -0.05) is 18.2 Å². The van der Waals surface area contributed by atoms with E-state index in [1.165, 1.54) is 5.69 Å². The van der Waals surface area contributed by atoms with Crippen LogP contribution in [0.3, 0.4) is 0 Å². The maximum Gasteiger partial charge on any atom is 0.221 e. The highest BCUT2D eigenvalue weighted by Gasteiger charge is 2.18. The predicted octanol–water partition coefficient (Wildman–Crippen LogP) is 1.77. The molecule has 1 aliphatic heterocycles. The molecule has 2 rings (SSSR count). The second-order valence-electron chi connectivity index (χ2n) is 5.25. The molecule has 0 aromatic heterocycles. The van der Waals surface area contributed by atoms with Gasteiger partial charge in [0.1, 0.15) is 0 Å². The first-order chi connectivity index (χ1) is 9.79. The minimum Gasteiger partial charge on any atom is -0.371 e. The lowest BCUT2D eigenvalue weighted by Gasteiger charge is -2.34. The molecule has 0 spiro atoms. The number of hydrogen-bond acceptors (Lipinski definition) is 3. The van der Waals surface area contributed by atoms with Crippen LogP contribution in [-0.2, 0) is 4.79 Å². The molecule has 1 heterocycles. The number of hydrogen-bond donors (Lipinski definition) is 2. The first-order valence-electron chi connectivity index (χ1n) is 7.59. The smallest absolute Gasteiger partial charge is 0.221 e. The standard InChI is InChI=1S/C16H25N3O/c1-2-17-16(20)8-11-18-14-9-12-19(13-10-14)15-6-4-3-5-7-15/h3-7,14,18H,2,8-13H2,1H3,(H,17,20). The van der Waals surface area contributed by atoms with E-state index in [2.05, 4.69) is 45.9 Å². The molecule has 4 nitrogen and oxygen atoms in total. The second kappa shape index (κ2) is 7.90. The van der Waals surface area contributed by atoms with Crippen LogP contribution in [0.2, 0.25) is 0 Å². The first-order valence-corrected chi connectivity index (χ1v) is 7.59. The third-order valence-electron chi connectivity index (χ3n) is 3.78. The van der Waals surface area contributed by atoms with Crippen molar-refractivity contribution in [2.24, 2.45) is 0 Å². The van der Waals surface area contributed by atoms with Crippen molar-refractivity contribution in [3.63, 3.8) is 0 Å². The lowest BCUT2D eigenvalue weighted by atomic mass is 10.0. The van der Waals surface area contributed by atoms with Crippen molar-refractivity contribution in [1.82, 2.24) is 10.6 Å². The summed E-state index contributed by atoms with van der Waals surface area (Å²) in [4.78, 5) is 13.8. The van der Waals surface area contributed by atoms with Crippen LogP contribution in [0, 0.1) is 0 Å². The molecule has 1 aromatic rings. The summed E-state index contributed by atoms with van der Waals surface area (Å²) < 4.78 is 0. The van der Waals surface area contributed by atoms with Gasteiger partial charge in [-0.3, -0.25) is 4.79 Å². The molecule has 2 N–H and O–H groups in total. The SMILES string of the molecule is CCNC(=O)CCNC1CCN(c2ccccc2)CC1. The van der Waals surface area contributed by atoms with Gasteiger partial charge in [-0.15, -0.1) is 0 Å². The topological polar surface area (TPSA) is 44.4 Å². The van der Waals surface area contributed by atoms with E-state index < -0.39 is 0 Å². The highest BCUT2D eigenvalue weighted by molar-refractivity contribution is 5.75. The van der Waals surface area contributed by atoms with E-state index in [9.17, 15) is 4.79 Å². The number of carbonyl (C=O) groups excluding carboxylic acids is 1. The molecule has 0 saturated carbocycles. The number of nitrogens with one attached hydrogen (secondary N) is 2. The quantitative estimate of drug-likeness (QED) is 0.831. The molecule has 4 heteroatoms. The van der Waals surface area contributed by atoms with E-state index in [1.54, 1.807) is 0 Å². The largest absolute Gasteiger partial charge is 0.371 e. The van der Waals surface area contributed by atoms with E-state index in [1.807, 2.05) is 6.92 Å². The van der Waals surface area contributed by atoms with Crippen LogP contribution in [0.4, 0.5) is 5.69 Å². The molecule has 0 radical (unpaired) electrons. The van der Waals surface area contributed by atoms with Gasteiger partial charge < -0.3 is 15.5 Å². The third-order valence-corrected chi connectivity index (χ3v) is 3.78. The molecular formula is C16H25N3O. The molecule has 20 heavy (non-hydrogen) atoms. The highest BCUT2D eigenvalue weighted by Crippen LogP contribution is 2.19. The molecular weight excluding hydrogens is 250 g/mol. The molecule has 0 atom stereocenters. The molecule has 0 aliphatic carbocycles. The minimum absolute atomic E-state index is 0.140. The molecule has 1 aliphatic rings. The van der Waals surface area contributed by atoms with Crippen molar-refractivity contribution in [3.05, 3.63) is 30.3 Å². The Balaban J connectivity index is 1.66. The van der Waals surface area contributed by atoms with Crippen LogP contribution < -0.4 is 15.5 Å². The second-order valence-corrected chi connectivity index (χ2v) is 5.25. The van der Waals surface area contributed by atoms with Crippen molar-refractivity contribution < 1.29 is 4.79 Å². The van der Waals surface area contributed by atoms with Crippen LogP contribution in [0.15, 0.2) is 30.3 Å². The zero-order valence-electron chi connectivity index (χ0n) is 12.3. The van der Waals surface area contributed by atoms with Crippen LogP contribution in [0.5, 0.6) is 0 Å². The summed E-state index contributed by atoms with van der Waals surface area (Å²) in [6, 6.07) is 11.1. The zero-order chi connectivity index (χ0) is 14.2. The Morgan fingerprint density at radius 2 is 1.95 bits per heavy atom. The van der Waals surface area contributed by atoms with Gasteiger partial charge in [0.05, 0.1) is 0 Å². The summed E-state index contributed by atoms with van der Waals surface area (Å²) in [7, 11) is 0. The van der Waals surface area contributed by atoms with Gasteiger partial charge in [-0.05, 0) is 31.9 Å². The molecule has 0 bridgehead atoms. The van der Waals surface area contributed by atoms with Crippen molar-refractivity contribution in [2.75, 3.05) is 31.1 Å². The van der Waals surface area contributed by atoms with Gasteiger partial charge >= 0.3 is 0 Å². The van der Waals surface area contributed by atoms with Crippen LogP contribution in [0.1, 0.15) is 26.2 Å². The lowest BCUT2D eigenvalue weighted by molar-refractivity contribution is -0.120. The zero-order valence-corrected chi connectivity index (χ0v) is 12.3. The number of para-hydroxylation sites is 1. The summed E-state index contributed by atoms with van der Waals surface area (Å²) in [6.45, 7) is 5.62. The average Bonchev–Trinajstić information content (AvgIpc) is 2.49. The Morgan fingerprint density at radius 3 is 2.60 bits per heavy atom. The van der Waals surface area contributed by atoms with Crippen molar-refractivity contribution in [2.45, 2.75) is 32.2 Å². The van der Waals surface area contributed by atoms with Gasteiger partial charge in [0.25, 0.3) is 0 Å². The Kier molecular flexibility index (Phi) is 5.87. The van der Waals surface area contributed by atoms with Gasteiger partial charge in [-0.25, -0.2) is 0 Å². The number of piperidine rings is 1. The first kappa shape index (κ1) is 14.9. The van der Waals surface area contributed by atoms with Crippen LogP contribution >= 0.6 is 0 Å². The maximum absolute atomic E-state index is 11.4. The Hall–Kier alpha value is -1.55. The van der Waals surface area contributed by atoms with Gasteiger partial charge in [0, 0.05) is 44.3 Å². The number of amides is 1. The number of carbonyl (C=O) groups is 1. The number of benzene rings is 1. The van der Waals surface area contributed by atoms with E-state index in [0.29, 0.717) is 19.0 Å². The summed E-state index contributed by atoms with van der Waals surface area (Å²) >= 11 is 0. The summed E-state index contributed by atoms with van der Waals surface area (Å²) in [6.07, 6.45) is 2.86. The normalized spacial score (nSPS) is 16.1. The molecule has 0 unspecified atom stereocenters. The van der Waals surface area contributed by atoms with Crippen LogP contribution in [-0.4, -0.2) is 38.1 Å². The summed E-state index contributed by atoms with van der Waals surface area (Å²) in [5, 5.41) is 6.32. The third kappa shape index (κ3) is 4.53. The summed E-state index contributed by atoms with van der Waals surface area (Å²) in [5.74, 6) is 0.140. The average molecular weight is 275 g/mol. The Labute approximate surface area is 121 Å². The highest BCUT2D eigenvalue weighted by atomic mass is 16.1.